The Morgan fingerprint density at radius 1 is 1.17 bits per heavy atom. The molecule has 2 fully saturated rings. The number of halogens is 1. The van der Waals surface area contributed by atoms with E-state index in [1.54, 1.807) is 6.07 Å². The van der Waals surface area contributed by atoms with Gasteiger partial charge in [0, 0.05) is 23.8 Å². The highest BCUT2D eigenvalue weighted by Gasteiger charge is 2.48. The molecule has 1 saturated heterocycles. The first-order chi connectivity index (χ1) is 14.0. The molecule has 1 aliphatic heterocycles. The minimum atomic E-state index is -0.485. The summed E-state index contributed by atoms with van der Waals surface area (Å²) in [7, 11) is 0. The van der Waals surface area contributed by atoms with Crippen LogP contribution in [0.1, 0.15) is 43.4 Å². The van der Waals surface area contributed by atoms with E-state index in [2.05, 4.69) is 10.3 Å². The molecule has 2 amide bonds. The molecule has 1 aliphatic carbocycles. The van der Waals surface area contributed by atoms with Crippen LogP contribution in [-0.4, -0.2) is 34.8 Å². The number of rotatable bonds is 4. The van der Waals surface area contributed by atoms with Crippen LogP contribution in [0.25, 0.3) is 0 Å². The smallest absolute Gasteiger partial charge is 0.233 e. The van der Waals surface area contributed by atoms with Crippen molar-refractivity contribution in [3.05, 3.63) is 58.7 Å². The maximum Gasteiger partial charge on any atom is 0.233 e. The Morgan fingerprint density at radius 3 is 2.66 bits per heavy atom. The summed E-state index contributed by atoms with van der Waals surface area (Å²) in [5.41, 5.74) is 1.37. The number of aryl methyl sites for hydroxylation is 1. The van der Waals surface area contributed by atoms with Gasteiger partial charge in [-0.05, 0) is 62.4 Å². The van der Waals surface area contributed by atoms with Gasteiger partial charge in [0.2, 0.25) is 11.8 Å². The largest absolute Gasteiger partial charge is 0.341 e. The summed E-state index contributed by atoms with van der Waals surface area (Å²) in [4.78, 5) is 32.5. The molecule has 5 nitrogen and oxygen atoms in total. The van der Waals surface area contributed by atoms with Crippen molar-refractivity contribution < 1.29 is 9.59 Å². The Balaban J connectivity index is 1.47. The van der Waals surface area contributed by atoms with Gasteiger partial charge in [0.25, 0.3) is 0 Å². The van der Waals surface area contributed by atoms with Gasteiger partial charge < -0.3 is 10.2 Å². The molecule has 4 rings (SSSR count). The Labute approximate surface area is 176 Å². The number of aromatic nitrogens is 1. The summed E-state index contributed by atoms with van der Waals surface area (Å²) >= 11 is 6.19. The number of benzene rings is 1. The lowest BCUT2D eigenvalue weighted by atomic mass is 9.63. The third kappa shape index (κ3) is 4.01. The van der Waals surface area contributed by atoms with Gasteiger partial charge in [-0.25, -0.2) is 4.98 Å². The van der Waals surface area contributed by atoms with Gasteiger partial charge >= 0.3 is 0 Å². The third-order valence-corrected chi connectivity index (χ3v) is 6.45. The second-order valence-electron chi connectivity index (χ2n) is 8.19. The summed E-state index contributed by atoms with van der Waals surface area (Å²) in [5, 5.41) is 3.57. The second kappa shape index (κ2) is 8.15. The molecule has 1 N–H and O–H groups in total. The molecule has 0 spiro atoms. The van der Waals surface area contributed by atoms with Crippen molar-refractivity contribution in [2.45, 2.75) is 44.4 Å². The fourth-order valence-electron chi connectivity index (χ4n) is 4.46. The van der Waals surface area contributed by atoms with E-state index in [1.807, 2.05) is 48.2 Å². The average molecular weight is 412 g/mol. The van der Waals surface area contributed by atoms with Crippen molar-refractivity contribution >= 4 is 29.2 Å². The number of amides is 2. The number of pyridine rings is 1. The number of hydrogen-bond donors (Lipinski definition) is 1. The van der Waals surface area contributed by atoms with Crippen molar-refractivity contribution in [1.82, 2.24) is 9.88 Å². The molecule has 1 atom stereocenters. The molecule has 29 heavy (non-hydrogen) atoms. The van der Waals surface area contributed by atoms with Gasteiger partial charge in [-0.2, -0.15) is 0 Å². The number of piperidine rings is 1. The first-order valence-electron chi connectivity index (χ1n) is 10.3. The van der Waals surface area contributed by atoms with Crippen molar-refractivity contribution in [2.24, 2.45) is 5.92 Å². The van der Waals surface area contributed by atoms with Crippen molar-refractivity contribution in [1.29, 1.82) is 0 Å². The number of carbonyl (C=O) groups excluding carboxylic acids is 2. The predicted molar refractivity (Wildman–Crippen MR) is 114 cm³/mol. The number of likely N-dealkylation sites (tertiary alicyclic amines) is 1. The fraction of sp³-hybridized carbons (Fsp3) is 0.435. The molecule has 2 aliphatic rings. The number of carbonyl (C=O) groups is 2. The number of hydrogen-bond acceptors (Lipinski definition) is 3. The molecule has 0 unspecified atom stereocenters. The average Bonchev–Trinajstić information content (AvgIpc) is 2.67. The second-order valence-corrected chi connectivity index (χ2v) is 8.63. The molecule has 6 heteroatoms. The zero-order valence-electron chi connectivity index (χ0n) is 16.7. The predicted octanol–water partition coefficient (Wildman–Crippen LogP) is 4.34. The van der Waals surface area contributed by atoms with Crippen LogP contribution < -0.4 is 5.32 Å². The van der Waals surface area contributed by atoms with E-state index < -0.39 is 5.41 Å². The Morgan fingerprint density at radius 2 is 1.97 bits per heavy atom. The highest BCUT2D eigenvalue weighted by atomic mass is 35.5. The summed E-state index contributed by atoms with van der Waals surface area (Å²) < 4.78 is 0. The topological polar surface area (TPSA) is 62.3 Å². The molecule has 1 aromatic carbocycles. The van der Waals surface area contributed by atoms with Gasteiger partial charge in [0.1, 0.15) is 5.82 Å². The fourth-order valence-corrected chi connectivity index (χ4v) is 4.65. The van der Waals surface area contributed by atoms with E-state index in [0.29, 0.717) is 23.9 Å². The van der Waals surface area contributed by atoms with E-state index >= 15 is 0 Å². The molecule has 0 radical (unpaired) electrons. The zero-order valence-corrected chi connectivity index (χ0v) is 17.4. The monoisotopic (exact) mass is 411 g/mol. The Bertz CT molecular complexity index is 926. The molecule has 1 saturated carbocycles. The molecular formula is C23H26ClN3O2. The zero-order chi connectivity index (χ0) is 20.4. The van der Waals surface area contributed by atoms with E-state index in [9.17, 15) is 9.59 Å². The van der Waals surface area contributed by atoms with Crippen LogP contribution in [0, 0.1) is 12.8 Å². The van der Waals surface area contributed by atoms with Gasteiger partial charge in [0.15, 0.2) is 0 Å². The number of nitrogens with zero attached hydrogens (tertiary/aromatic N) is 2. The lowest BCUT2D eigenvalue weighted by Gasteiger charge is -2.45. The maximum absolute atomic E-state index is 13.5. The Kier molecular flexibility index (Phi) is 5.59. The minimum Gasteiger partial charge on any atom is -0.341 e. The van der Waals surface area contributed by atoms with Gasteiger partial charge in [0.05, 0.1) is 11.3 Å². The number of nitrogens with one attached hydrogen (secondary N) is 1. The molecular weight excluding hydrogens is 386 g/mol. The standard InChI is InChI=1S/C23H26ClN3O2/c1-16-6-2-10-20(25-16)26-21(28)17-7-4-13-27(15-17)22(29)23(11-5-12-23)18-8-3-9-19(24)14-18/h2-3,6,8-10,14,17H,4-5,7,11-13,15H2,1H3,(H,25,26,28)/t17-/m0/s1. The van der Waals surface area contributed by atoms with E-state index in [4.69, 9.17) is 11.6 Å². The van der Waals surface area contributed by atoms with Crippen molar-refractivity contribution in [3.8, 4) is 0 Å². The first kappa shape index (κ1) is 19.9. The maximum atomic E-state index is 13.5. The van der Waals surface area contributed by atoms with Crippen molar-refractivity contribution in [3.63, 3.8) is 0 Å². The highest BCUT2D eigenvalue weighted by Crippen LogP contribution is 2.46. The highest BCUT2D eigenvalue weighted by molar-refractivity contribution is 6.30. The van der Waals surface area contributed by atoms with E-state index in [1.165, 1.54) is 0 Å². The molecule has 152 valence electrons. The van der Waals surface area contributed by atoms with Crippen LogP contribution in [-0.2, 0) is 15.0 Å². The third-order valence-electron chi connectivity index (χ3n) is 6.21. The summed E-state index contributed by atoms with van der Waals surface area (Å²) in [6.07, 6.45) is 4.33. The quantitative estimate of drug-likeness (QED) is 0.813. The van der Waals surface area contributed by atoms with Crippen LogP contribution in [0.2, 0.25) is 5.02 Å². The molecule has 1 aromatic heterocycles. The van der Waals surface area contributed by atoms with Gasteiger partial charge in [-0.1, -0.05) is 36.2 Å². The minimum absolute atomic E-state index is 0.0639. The normalized spacial score (nSPS) is 20.6. The van der Waals surface area contributed by atoms with Gasteiger partial charge in [-0.15, -0.1) is 0 Å². The summed E-state index contributed by atoms with van der Waals surface area (Å²) in [6, 6.07) is 13.2. The Hall–Kier alpha value is -2.40. The van der Waals surface area contributed by atoms with Crippen LogP contribution in [0.3, 0.4) is 0 Å². The summed E-state index contributed by atoms with van der Waals surface area (Å²) in [5.74, 6) is 0.419. The van der Waals surface area contributed by atoms with Crippen LogP contribution in [0.5, 0.6) is 0 Å². The lowest BCUT2D eigenvalue weighted by Crippen LogP contribution is -2.54. The van der Waals surface area contributed by atoms with E-state index in [-0.39, 0.29) is 17.7 Å². The van der Waals surface area contributed by atoms with Crippen molar-refractivity contribution in [2.75, 3.05) is 18.4 Å². The lowest BCUT2D eigenvalue weighted by molar-refractivity contribution is -0.143. The van der Waals surface area contributed by atoms with Crippen LogP contribution >= 0.6 is 11.6 Å². The molecule has 2 aromatic rings. The number of anilines is 1. The van der Waals surface area contributed by atoms with Crippen LogP contribution in [0.15, 0.2) is 42.5 Å². The SMILES string of the molecule is Cc1cccc(NC(=O)[C@H]2CCCN(C(=O)C3(c4cccc(Cl)c4)CCC3)C2)n1. The molecule has 0 bridgehead atoms. The summed E-state index contributed by atoms with van der Waals surface area (Å²) in [6.45, 7) is 3.05. The molecule has 2 heterocycles. The van der Waals surface area contributed by atoms with E-state index in [0.717, 1.165) is 43.4 Å². The van der Waals surface area contributed by atoms with Crippen LogP contribution in [0.4, 0.5) is 5.82 Å². The van der Waals surface area contributed by atoms with Gasteiger partial charge in [-0.3, -0.25) is 9.59 Å². The first-order valence-corrected chi connectivity index (χ1v) is 10.7.